The van der Waals surface area contributed by atoms with Crippen molar-refractivity contribution in [1.29, 1.82) is 0 Å². The van der Waals surface area contributed by atoms with E-state index in [-0.39, 0.29) is 21.3 Å². The Bertz CT molecular complexity index is 629. The second-order valence-electron chi connectivity index (χ2n) is 3.66. The number of hydrogen-bond donors (Lipinski definition) is 1. The van der Waals surface area contributed by atoms with Gasteiger partial charge in [-0.1, -0.05) is 35.3 Å². The van der Waals surface area contributed by atoms with Crippen LogP contribution in [0.5, 0.6) is 5.75 Å². The molecule has 1 aromatic heterocycles. The fraction of sp³-hybridized carbons (Fsp3) is 0.0833. The number of hydrogen-bond acceptors (Lipinski definition) is 2. The highest BCUT2D eigenvalue weighted by Gasteiger charge is 2.33. The van der Waals surface area contributed by atoms with Crippen LogP contribution in [0.2, 0.25) is 10.0 Å². The lowest BCUT2D eigenvalue weighted by Gasteiger charge is -2.11. The van der Waals surface area contributed by atoms with Gasteiger partial charge in [0, 0.05) is 5.56 Å². The fourth-order valence-electron chi connectivity index (χ4n) is 1.49. The maximum absolute atomic E-state index is 12.6. The normalized spacial score (nSPS) is 11.6. The maximum atomic E-state index is 12.6. The zero-order chi connectivity index (χ0) is 14.2. The minimum absolute atomic E-state index is 0.0336. The van der Waals surface area contributed by atoms with Crippen LogP contribution in [-0.2, 0) is 6.18 Å². The van der Waals surface area contributed by atoms with Crippen molar-refractivity contribution < 1.29 is 18.3 Å². The van der Waals surface area contributed by atoms with Crippen molar-refractivity contribution >= 4 is 23.2 Å². The average molecular weight is 308 g/mol. The molecule has 0 saturated heterocycles. The Morgan fingerprint density at radius 1 is 1.05 bits per heavy atom. The van der Waals surface area contributed by atoms with Crippen molar-refractivity contribution in [2.75, 3.05) is 0 Å². The molecular formula is C12H6Cl2F3NO. The van der Waals surface area contributed by atoms with Crippen molar-refractivity contribution in [3.63, 3.8) is 0 Å². The first-order chi connectivity index (χ1) is 8.80. The SMILES string of the molecule is Oc1ccc(C(F)(F)F)nc1-c1cccc(Cl)c1Cl. The quantitative estimate of drug-likeness (QED) is 0.822. The molecule has 1 heterocycles. The summed E-state index contributed by atoms with van der Waals surface area (Å²) in [6.45, 7) is 0. The van der Waals surface area contributed by atoms with Crippen LogP contribution in [0.15, 0.2) is 30.3 Å². The largest absolute Gasteiger partial charge is 0.506 e. The smallest absolute Gasteiger partial charge is 0.433 e. The van der Waals surface area contributed by atoms with Gasteiger partial charge in [0.05, 0.1) is 10.0 Å². The predicted molar refractivity (Wildman–Crippen MR) is 66.4 cm³/mol. The molecule has 1 aromatic carbocycles. The van der Waals surface area contributed by atoms with E-state index in [2.05, 4.69) is 4.98 Å². The molecular weight excluding hydrogens is 302 g/mol. The van der Waals surface area contributed by atoms with Crippen molar-refractivity contribution in [1.82, 2.24) is 4.98 Å². The number of rotatable bonds is 1. The Labute approximate surface area is 116 Å². The fourth-order valence-corrected chi connectivity index (χ4v) is 1.88. The van der Waals surface area contributed by atoms with E-state index >= 15 is 0 Å². The summed E-state index contributed by atoms with van der Waals surface area (Å²) in [5.41, 5.74) is -1.24. The molecule has 2 rings (SSSR count). The molecule has 0 saturated carbocycles. The molecule has 0 spiro atoms. The highest BCUT2D eigenvalue weighted by Crippen LogP contribution is 2.38. The van der Waals surface area contributed by atoms with E-state index in [9.17, 15) is 18.3 Å². The molecule has 100 valence electrons. The van der Waals surface area contributed by atoms with Crippen LogP contribution in [0.3, 0.4) is 0 Å². The summed E-state index contributed by atoms with van der Waals surface area (Å²) in [6.07, 6.45) is -4.60. The van der Waals surface area contributed by atoms with Gasteiger partial charge in [0.1, 0.15) is 17.1 Å². The predicted octanol–water partition coefficient (Wildman–Crippen LogP) is 4.78. The second kappa shape index (κ2) is 4.90. The van der Waals surface area contributed by atoms with Gasteiger partial charge in [-0.25, -0.2) is 4.98 Å². The molecule has 0 aliphatic rings. The lowest BCUT2D eigenvalue weighted by atomic mass is 10.1. The molecule has 0 fully saturated rings. The summed E-state index contributed by atoms with van der Waals surface area (Å²) in [5.74, 6) is -0.405. The Morgan fingerprint density at radius 2 is 1.74 bits per heavy atom. The maximum Gasteiger partial charge on any atom is 0.433 e. The van der Waals surface area contributed by atoms with Crippen molar-refractivity contribution in [3.8, 4) is 17.0 Å². The van der Waals surface area contributed by atoms with Gasteiger partial charge in [0.2, 0.25) is 0 Å². The third kappa shape index (κ3) is 2.77. The van der Waals surface area contributed by atoms with Gasteiger partial charge >= 0.3 is 6.18 Å². The average Bonchev–Trinajstić information content (AvgIpc) is 2.32. The number of alkyl halides is 3. The molecule has 1 N–H and O–H groups in total. The molecule has 0 amide bonds. The van der Waals surface area contributed by atoms with Crippen molar-refractivity contribution in [2.24, 2.45) is 0 Å². The van der Waals surface area contributed by atoms with E-state index in [1.165, 1.54) is 18.2 Å². The van der Waals surface area contributed by atoms with E-state index in [1.54, 1.807) is 0 Å². The molecule has 2 nitrogen and oxygen atoms in total. The van der Waals surface area contributed by atoms with Crippen LogP contribution < -0.4 is 0 Å². The van der Waals surface area contributed by atoms with Gasteiger partial charge in [-0.15, -0.1) is 0 Å². The number of nitrogens with zero attached hydrogens (tertiary/aromatic N) is 1. The van der Waals surface area contributed by atoms with Gasteiger partial charge in [0.15, 0.2) is 0 Å². The molecule has 19 heavy (non-hydrogen) atoms. The minimum Gasteiger partial charge on any atom is -0.506 e. The molecule has 0 radical (unpaired) electrons. The van der Waals surface area contributed by atoms with E-state index in [0.717, 1.165) is 6.07 Å². The van der Waals surface area contributed by atoms with Gasteiger partial charge in [-0.05, 0) is 18.2 Å². The van der Waals surface area contributed by atoms with Crippen LogP contribution in [-0.4, -0.2) is 10.1 Å². The van der Waals surface area contributed by atoms with Gasteiger partial charge < -0.3 is 5.11 Å². The minimum atomic E-state index is -4.60. The van der Waals surface area contributed by atoms with E-state index in [1.807, 2.05) is 0 Å². The molecule has 0 bridgehead atoms. The first-order valence-electron chi connectivity index (χ1n) is 5.02. The van der Waals surface area contributed by atoms with Crippen molar-refractivity contribution in [3.05, 3.63) is 46.1 Å². The zero-order valence-corrected chi connectivity index (χ0v) is 10.7. The summed E-state index contributed by atoms with van der Waals surface area (Å²) in [5, 5.41) is 9.84. The van der Waals surface area contributed by atoms with Crippen LogP contribution >= 0.6 is 23.2 Å². The molecule has 0 aliphatic heterocycles. The first kappa shape index (κ1) is 14.0. The summed E-state index contributed by atoms with van der Waals surface area (Å²) in [6, 6.07) is 6.03. The zero-order valence-electron chi connectivity index (χ0n) is 9.17. The monoisotopic (exact) mass is 307 g/mol. The number of benzene rings is 1. The van der Waals surface area contributed by atoms with Gasteiger partial charge in [0.25, 0.3) is 0 Å². The second-order valence-corrected chi connectivity index (χ2v) is 4.45. The van der Waals surface area contributed by atoms with Crippen LogP contribution in [0.25, 0.3) is 11.3 Å². The van der Waals surface area contributed by atoms with Gasteiger partial charge in [-0.2, -0.15) is 13.2 Å². The topological polar surface area (TPSA) is 33.1 Å². The number of aromatic hydroxyl groups is 1. The molecule has 7 heteroatoms. The lowest BCUT2D eigenvalue weighted by molar-refractivity contribution is -0.141. The molecule has 2 aromatic rings. The number of halogens is 5. The lowest BCUT2D eigenvalue weighted by Crippen LogP contribution is -2.08. The standard InChI is InChI=1S/C12H6Cl2F3NO/c13-7-3-1-2-6(10(7)14)11-8(19)4-5-9(18-11)12(15,16)17/h1-5,19H. The Balaban J connectivity index is 2.65. The third-order valence-electron chi connectivity index (χ3n) is 2.37. The summed E-state index contributed by atoms with van der Waals surface area (Å²) in [7, 11) is 0. The van der Waals surface area contributed by atoms with Gasteiger partial charge in [-0.3, -0.25) is 0 Å². The van der Waals surface area contributed by atoms with Crippen molar-refractivity contribution in [2.45, 2.75) is 6.18 Å². The highest BCUT2D eigenvalue weighted by atomic mass is 35.5. The van der Waals surface area contributed by atoms with E-state index in [0.29, 0.717) is 6.07 Å². The van der Waals surface area contributed by atoms with Crippen LogP contribution in [0, 0.1) is 0 Å². The molecule has 0 aliphatic carbocycles. The van der Waals surface area contributed by atoms with E-state index < -0.39 is 17.6 Å². The first-order valence-corrected chi connectivity index (χ1v) is 5.78. The number of aromatic nitrogens is 1. The van der Waals surface area contributed by atoms with Crippen LogP contribution in [0.4, 0.5) is 13.2 Å². The number of pyridine rings is 1. The highest BCUT2D eigenvalue weighted by molar-refractivity contribution is 6.43. The Hall–Kier alpha value is -1.46. The Kier molecular flexibility index (Phi) is 3.60. The van der Waals surface area contributed by atoms with Crippen LogP contribution in [0.1, 0.15) is 5.69 Å². The third-order valence-corrected chi connectivity index (χ3v) is 3.19. The summed E-state index contributed by atoms with van der Waals surface area (Å²) >= 11 is 11.7. The summed E-state index contributed by atoms with van der Waals surface area (Å²) in [4.78, 5) is 3.40. The molecule has 0 atom stereocenters. The molecule has 0 unspecified atom stereocenters. The summed E-state index contributed by atoms with van der Waals surface area (Å²) < 4.78 is 37.8. The van der Waals surface area contributed by atoms with E-state index in [4.69, 9.17) is 23.2 Å². The Morgan fingerprint density at radius 3 is 2.37 bits per heavy atom.